The maximum Gasteiger partial charge on any atom is 0.239 e. The second-order valence-electron chi connectivity index (χ2n) is 4.97. The number of hydrogen-bond donors (Lipinski definition) is 2. The third-order valence-corrected chi connectivity index (χ3v) is 3.27. The van der Waals surface area contributed by atoms with Gasteiger partial charge in [-0.25, -0.2) is 0 Å². The lowest BCUT2D eigenvalue weighted by Crippen LogP contribution is -2.22. The molecule has 1 amide bonds. The highest BCUT2D eigenvalue weighted by molar-refractivity contribution is 5.73. The van der Waals surface area contributed by atoms with Gasteiger partial charge in [0.1, 0.15) is 6.54 Å². The summed E-state index contributed by atoms with van der Waals surface area (Å²) in [7, 11) is 2.16. The lowest BCUT2D eigenvalue weighted by Gasteiger charge is -2.16. The molecule has 2 heterocycles. The van der Waals surface area contributed by atoms with Crippen LogP contribution in [-0.4, -0.2) is 46.8 Å². The molecule has 1 fully saturated rings. The van der Waals surface area contributed by atoms with Crippen LogP contribution >= 0.6 is 0 Å². The van der Waals surface area contributed by atoms with Gasteiger partial charge in [0, 0.05) is 12.2 Å². The molecule has 6 heteroatoms. The van der Waals surface area contributed by atoms with E-state index in [9.17, 15) is 4.79 Å². The summed E-state index contributed by atoms with van der Waals surface area (Å²) >= 11 is 0. The first-order chi connectivity index (χ1) is 8.63. The molecule has 0 aromatic carbocycles. The monoisotopic (exact) mass is 251 g/mol. The second-order valence-corrected chi connectivity index (χ2v) is 4.97. The Kier molecular flexibility index (Phi) is 4.19. The number of nitrogens with two attached hydrogens (primary N) is 1. The largest absolute Gasteiger partial charge is 0.380 e. The van der Waals surface area contributed by atoms with Crippen LogP contribution in [0.15, 0.2) is 12.4 Å². The zero-order valence-corrected chi connectivity index (χ0v) is 10.8. The molecule has 1 unspecified atom stereocenters. The molecule has 1 aliphatic heterocycles. The number of likely N-dealkylation sites (tertiary alicyclic amines) is 1. The minimum absolute atomic E-state index is 0.134. The van der Waals surface area contributed by atoms with E-state index in [2.05, 4.69) is 22.4 Å². The highest BCUT2D eigenvalue weighted by Gasteiger charge is 2.15. The normalized spacial score (nSPS) is 21.5. The fourth-order valence-corrected chi connectivity index (χ4v) is 2.30. The molecule has 0 radical (unpaired) electrons. The molecule has 1 saturated heterocycles. The summed E-state index contributed by atoms with van der Waals surface area (Å²) in [6.07, 6.45) is 7.10. The Morgan fingerprint density at radius 2 is 2.39 bits per heavy atom. The standard InChI is InChI=1S/C12H21N5O/c1-16-5-2-3-10(4-6-16)15-11-7-14-17(8-11)9-12(13)18/h7-8,10,15H,2-6,9H2,1H3,(H2,13,18). The molecule has 0 aliphatic carbocycles. The molecule has 2 rings (SSSR count). The van der Waals surface area contributed by atoms with Crippen LogP contribution in [-0.2, 0) is 11.3 Å². The lowest BCUT2D eigenvalue weighted by molar-refractivity contribution is -0.118. The van der Waals surface area contributed by atoms with Gasteiger partial charge in [-0.1, -0.05) is 0 Å². The topological polar surface area (TPSA) is 76.2 Å². The Labute approximate surface area is 107 Å². The highest BCUT2D eigenvalue weighted by atomic mass is 16.1. The molecular weight excluding hydrogens is 230 g/mol. The van der Waals surface area contributed by atoms with Gasteiger partial charge >= 0.3 is 0 Å². The molecule has 0 spiro atoms. The minimum Gasteiger partial charge on any atom is -0.380 e. The van der Waals surface area contributed by atoms with Crippen molar-refractivity contribution in [1.82, 2.24) is 14.7 Å². The van der Waals surface area contributed by atoms with E-state index in [4.69, 9.17) is 5.73 Å². The summed E-state index contributed by atoms with van der Waals surface area (Å²) in [5.41, 5.74) is 6.09. The van der Waals surface area contributed by atoms with Gasteiger partial charge in [-0.2, -0.15) is 5.10 Å². The zero-order valence-electron chi connectivity index (χ0n) is 10.8. The summed E-state index contributed by atoms with van der Waals surface area (Å²) < 4.78 is 1.56. The number of nitrogens with one attached hydrogen (secondary N) is 1. The van der Waals surface area contributed by atoms with E-state index in [-0.39, 0.29) is 12.5 Å². The molecule has 1 aliphatic rings. The molecule has 1 atom stereocenters. The van der Waals surface area contributed by atoms with Crippen molar-refractivity contribution in [3.63, 3.8) is 0 Å². The first-order valence-electron chi connectivity index (χ1n) is 6.39. The Morgan fingerprint density at radius 1 is 1.56 bits per heavy atom. The first-order valence-corrected chi connectivity index (χ1v) is 6.39. The van der Waals surface area contributed by atoms with E-state index in [1.165, 1.54) is 19.4 Å². The molecule has 0 saturated carbocycles. The SMILES string of the molecule is CN1CCCC(Nc2cnn(CC(N)=O)c2)CC1. The molecule has 3 N–H and O–H groups in total. The van der Waals surface area contributed by atoms with Crippen LogP contribution in [0.5, 0.6) is 0 Å². The third-order valence-electron chi connectivity index (χ3n) is 3.27. The van der Waals surface area contributed by atoms with E-state index < -0.39 is 0 Å². The Hall–Kier alpha value is -1.56. The maximum absolute atomic E-state index is 10.8. The number of amides is 1. The number of rotatable bonds is 4. The second kappa shape index (κ2) is 5.86. The number of primary amides is 1. The van der Waals surface area contributed by atoms with Crippen molar-refractivity contribution < 1.29 is 4.79 Å². The van der Waals surface area contributed by atoms with Gasteiger partial charge in [0.15, 0.2) is 0 Å². The first kappa shape index (κ1) is 12.9. The fraction of sp³-hybridized carbons (Fsp3) is 0.667. The van der Waals surface area contributed by atoms with Crippen molar-refractivity contribution in [3.8, 4) is 0 Å². The minimum atomic E-state index is -0.374. The molecule has 100 valence electrons. The number of aromatic nitrogens is 2. The van der Waals surface area contributed by atoms with Gasteiger partial charge in [0.05, 0.1) is 11.9 Å². The Balaban J connectivity index is 1.88. The van der Waals surface area contributed by atoms with E-state index >= 15 is 0 Å². The molecule has 18 heavy (non-hydrogen) atoms. The highest BCUT2D eigenvalue weighted by Crippen LogP contribution is 2.15. The lowest BCUT2D eigenvalue weighted by atomic mass is 10.1. The van der Waals surface area contributed by atoms with Crippen LogP contribution in [0.3, 0.4) is 0 Å². The van der Waals surface area contributed by atoms with Crippen molar-refractivity contribution in [2.75, 3.05) is 25.5 Å². The van der Waals surface area contributed by atoms with E-state index in [0.29, 0.717) is 6.04 Å². The number of nitrogens with zero attached hydrogens (tertiary/aromatic N) is 3. The van der Waals surface area contributed by atoms with Crippen LogP contribution in [0.4, 0.5) is 5.69 Å². The Morgan fingerprint density at radius 3 is 3.17 bits per heavy atom. The van der Waals surface area contributed by atoms with Crippen LogP contribution in [0, 0.1) is 0 Å². The fourth-order valence-electron chi connectivity index (χ4n) is 2.30. The molecule has 0 bridgehead atoms. The number of anilines is 1. The predicted octanol–water partition coefficient (Wildman–Crippen LogP) is 0.265. The summed E-state index contributed by atoms with van der Waals surface area (Å²) in [6, 6.07) is 0.487. The van der Waals surface area contributed by atoms with E-state index in [1.54, 1.807) is 10.9 Å². The molecular formula is C12H21N5O. The van der Waals surface area contributed by atoms with Crippen molar-refractivity contribution >= 4 is 11.6 Å². The number of carbonyl (C=O) groups is 1. The molecule has 1 aromatic rings. The van der Waals surface area contributed by atoms with E-state index in [0.717, 1.165) is 18.7 Å². The molecule has 6 nitrogen and oxygen atoms in total. The van der Waals surface area contributed by atoms with Crippen molar-refractivity contribution in [2.24, 2.45) is 5.73 Å². The maximum atomic E-state index is 10.8. The Bertz CT molecular complexity index is 403. The summed E-state index contributed by atoms with van der Waals surface area (Å²) in [4.78, 5) is 13.1. The van der Waals surface area contributed by atoms with Gasteiger partial charge in [-0.3, -0.25) is 9.48 Å². The summed E-state index contributed by atoms with van der Waals surface area (Å²) in [6.45, 7) is 2.42. The van der Waals surface area contributed by atoms with Crippen LogP contribution in [0.25, 0.3) is 0 Å². The van der Waals surface area contributed by atoms with E-state index in [1.807, 2.05) is 6.20 Å². The van der Waals surface area contributed by atoms with Crippen molar-refractivity contribution in [2.45, 2.75) is 31.8 Å². The van der Waals surface area contributed by atoms with Gasteiger partial charge in [-0.05, 0) is 39.4 Å². The third kappa shape index (κ3) is 3.73. The summed E-state index contributed by atoms with van der Waals surface area (Å²) in [5, 5.41) is 7.58. The quantitative estimate of drug-likeness (QED) is 0.805. The van der Waals surface area contributed by atoms with Gasteiger partial charge in [0.2, 0.25) is 5.91 Å². The van der Waals surface area contributed by atoms with Crippen molar-refractivity contribution in [3.05, 3.63) is 12.4 Å². The molecule has 1 aromatic heterocycles. The van der Waals surface area contributed by atoms with Crippen LogP contribution in [0.1, 0.15) is 19.3 Å². The smallest absolute Gasteiger partial charge is 0.239 e. The van der Waals surface area contributed by atoms with Crippen molar-refractivity contribution in [1.29, 1.82) is 0 Å². The van der Waals surface area contributed by atoms with Gasteiger partial charge in [0.25, 0.3) is 0 Å². The zero-order chi connectivity index (χ0) is 13.0. The van der Waals surface area contributed by atoms with Gasteiger partial charge < -0.3 is 16.0 Å². The van der Waals surface area contributed by atoms with Crippen LogP contribution in [0.2, 0.25) is 0 Å². The average molecular weight is 251 g/mol. The summed E-state index contributed by atoms with van der Waals surface area (Å²) in [5.74, 6) is -0.374. The van der Waals surface area contributed by atoms with Crippen LogP contribution < -0.4 is 11.1 Å². The number of carbonyl (C=O) groups excluding carboxylic acids is 1. The average Bonchev–Trinajstić information content (AvgIpc) is 2.61. The predicted molar refractivity (Wildman–Crippen MR) is 70.2 cm³/mol. The number of hydrogen-bond acceptors (Lipinski definition) is 4. The van der Waals surface area contributed by atoms with Gasteiger partial charge in [-0.15, -0.1) is 0 Å².